The van der Waals surface area contributed by atoms with Crippen LogP contribution in [0.1, 0.15) is 32.1 Å². The van der Waals surface area contributed by atoms with Gasteiger partial charge in [0.2, 0.25) is 11.8 Å². The number of nitrogens with one attached hydrogen (secondary N) is 1. The number of carbonyl (C=O) groups is 2. The Hall–Kier alpha value is -2.04. The minimum Gasteiger partial charge on any atom is -0.495 e. The molecular weight excluding hydrogens is 280 g/mol. The zero-order chi connectivity index (χ0) is 15.5. The predicted molar refractivity (Wildman–Crippen MR) is 83.9 cm³/mol. The molecule has 1 unspecified atom stereocenters. The molecule has 0 aromatic heterocycles. The van der Waals surface area contributed by atoms with Crippen LogP contribution in [0, 0.1) is 5.92 Å². The zero-order valence-electron chi connectivity index (χ0n) is 12.9. The fourth-order valence-corrected chi connectivity index (χ4v) is 3.12. The van der Waals surface area contributed by atoms with Crippen molar-refractivity contribution in [2.24, 2.45) is 5.92 Å². The first-order valence-electron chi connectivity index (χ1n) is 7.93. The molecule has 2 aliphatic rings. The summed E-state index contributed by atoms with van der Waals surface area (Å²) in [6, 6.07) is 7.06. The van der Waals surface area contributed by atoms with Crippen molar-refractivity contribution in [2.45, 2.75) is 38.1 Å². The molecule has 1 aromatic rings. The average Bonchev–Trinajstić information content (AvgIpc) is 2.84. The Balaban J connectivity index is 1.63. The van der Waals surface area contributed by atoms with E-state index in [0.29, 0.717) is 31.1 Å². The number of ether oxygens (including phenoxy) is 1. The van der Waals surface area contributed by atoms with E-state index < -0.39 is 6.04 Å². The van der Waals surface area contributed by atoms with E-state index >= 15 is 0 Å². The van der Waals surface area contributed by atoms with Gasteiger partial charge in [0.15, 0.2) is 0 Å². The largest absolute Gasteiger partial charge is 0.495 e. The van der Waals surface area contributed by atoms with Gasteiger partial charge in [0.05, 0.1) is 12.8 Å². The maximum atomic E-state index is 12.5. The third kappa shape index (κ3) is 2.93. The monoisotopic (exact) mass is 302 g/mol. The molecule has 1 aliphatic heterocycles. The molecule has 3 rings (SSSR count). The molecule has 118 valence electrons. The summed E-state index contributed by atoms with van der Waals surface area (Å²) in [5, 5.41) is 2.89. The summed E-state index contributed by atoms with van der Waals surface area (Å²) in [5.74, 6) is 1.15. The molecule has 5 nitrogen and oxygen atoms in total. The second-order valence-corrected chi connectivity index (χ2v) is 6.07. The summed E-state index contributed by atoms with van der Waals surface area (Å²) in [5.41, 5.74) is 0.769. The van der Waals surface area contributed by atoms with Crippen LogP contribution >= 0.6 is 0 Å². The number of carbonyl (C=O) groups excluding carboxylic acids is 2. The number of benzene rings is 1. The van der Waals surface area contributed by atoms with Crippen molar-refractivity contribution >= 4 is 17.5 Å². The number of amides is 2. The van der Waals surface area contributed by atoms with Gasteiger partial charge in [0, 0.05) is 13.0 Å². The standard InChI is InChI=1S/C17H22N2O3/c1-22-15-8-3-2-7-14(15)19-10-9-13(17(19)21)18-16(20)11-12-5-4-6-12/h2-3,7-8,12-13H,4-6,9-11H2,1H3,(H,18,20). The van der Waals surface area contributed by atoms with Crippen molar-refractivity contribution in [3.05, 3.63) is 24.3 Å². The lowest BCUT2D eigenvalue weighted by Crippen LogP contribution is -2.42. The Morgan fingerprint density at radius 2 is 2.09 bits per heavy atom. The highest BCUT2D eigenvalue weighted by Gasteiger charge is 2.35. The molecule has 0 bridgehead atoms. The van der Waals surface area contributed by atoms with E-state index in [-0.39, 0.29) is 11.8 Å². The number of nitrogens with zero attached hydrogens (tertiary/aromatic N) is 1. The van der Waals surface area contributed by atoms with Crippen molar-refractivity contribution in [2.75, 3.05) is 18.6 Å². The first-order chi connectivity index (χ1) is 10.7. The molecule has 1 N–H and O–H groups in total. The number of rotatable bonds is 5. The first-order valence-corrected chi connectivity index (χ1v) is 7.93. The van der Waals surface area contributed by atoms with Crippen LogP contribution in [0.3, 0.4) is 0 Å². The van der Waals surface area contributed by atoms with Crippen LogP contribution in [0.25, 0.3) is 0 Å². The molecule has 1 atom stereocenters. The Bertz CT molecular complexity index is 569. The highest BCUT2D eigenvalue weighted by Crippen LogP contribution is 2.32. The Labute approximate surface area is 130 Å². The smallest absolute Gasteiger partial charge is 0.249 e. The summed E-state index contributed by atoms with van der Waals surface area (Å²) in [6.07, 6.45) is 4.70. The van der Waals surface area contributed by atoms with Gasteiger partial charge in [0.1, 0.15) is 11.8 Å². The second-order valence-electron chi connectivity index (χ2n) is 6.07. The molecular formula is C17H22N2O3. The van der Waals surface area contributed by atoms with Gasteiger partial charge in [-0.2, -0.15) is 0 Å². The van der Waals surface area contributed by atoms with Crippen LogP contribution in [0.4, 0.5) is 5.69 Å². The van der Waals surface area contributed by atoms with Gasteiger partial charge in [-0.3, -0.25) is 9.59 Å². The molecule has 1 aliphatic carbocycles. The first kappa shape index (κ1) is 14.9. The Morgan fingerprint density at radius 1 is 1.32 bits per heavy atom. The van der Waals surface area contributed by atoms with Crippen molar-refractivity contribution < 1.29 is 14.3 Å². The fraction of sp³-hybridized carbons (Fsp3) is 0.529. The van der Waals surface area contributed by atoms with E-state index in [0.717, 1.165) is 18.5 Å². The molecule has 1 saturated heterocycles. The van der Waals surface area contributed by atoms with E-state index in [1.807, 2.05) is 24.3 Å². The van der Waals surface area contributed by atoms with Crippen LogP contribution in [-0.2, 0) is 9.59 Å². The van der Waals surface area contributed by atoms with E-state index in [4.69, 9.17) is 4.74 Å². The highest BCUT2D eigenvalue weighted by atomic mass is 16.5. The van der Waals surface area contributed by atoms with Gasteiger partial charge in [-0.15, -0.1) is 0 Å². The van der Waals surface area contributed by atoms with Crippen molar-refractivity contribution in [1.82, 2.24) is 5.32 Å². The summed E-state index contributed by atoms with van der Waals surface area (Å²) in [4.78, 5) is 26.2. The zero-order valence-corrected chi connectivity index (χ0v) is 12.9. The summed E-state index contributed by atoms with van der Waals surface area (Å²) >= 11 is 0. The van der Waals surface area contributed by atoms with Crippen LogP contribution in [0.2, 0.25) is 0 Å². The molecule has 22 heavy (non-hydrogen) atoms. The van der Waals surface area contributed by atoms with E-state index in [1.165, 1.54) is 6.42 Å². The van der Waals surface area contributed by atoms with E-state index in [1.54, 1.807) is 12.0 Å². The molecule has 0 spiro atoms. The summed E-state index contributed by atoms with van der Waals surface area (Å²) in [6.45, 7) is 0.605. The maximum Gasteiger partial charge on any atom is 0.249 e. The third-order valence-corrected chi connectivity index (χ3v) is 4.62. The maximum absolute atomic E-state index is 12.5. The van der Waals surface area contributed by atoms with Crippen molar-refractivity contribution in [3.63, 3.8) is 0 Å². The lowest BCUT2D eigenvalue weighted by molar-refractivity contribution is -0.127. The molecule has 1 aromatic carbocycles. The fourth-order valence-electron chi connectivity index (χ4n) is 3.12. The van der Waals surface area contributed by atoms with E-state index in [9.17, 15) is 9.59 Å². The second kappa shape index (κ2) is 6.38. The van der Waals surface area contributed by atoms with Gasteiger partial charge in [-0.05, 0) is 37.3 Å². The average molecular weight is 302 g/mol. The molecule has 2 fully saturated rings. The Kier molecular flexibility index (Phi) is 4.32. The minimum absolute atomic E-state index is 0.00456. The lowest BCUT2D eigenvalue weighted by Gasteiger charge is -2.25. The third-order valence-electron chi connectivity index (χ3n) is 4.62. The predicted octanol–water partition coefficient (Wildman–Crippen LogP) is 2.11. The summed E-state index contributed by atoms with van der Waals surface area (Å²) in [7, 11) is 1.59. The normalized spacial score (nSPS) is 21.6. The number of methoxy groups -OCH3 is 1. The number of hydrogen-bond donors (Lipinski definition) is 1. The Morgan fingerprint density at radius 3 is 2.77 bits per heavy atom. The SMILES string of the molecule is COc1ccccc1N1CCC(NC(=O)CC2CCC2)C1=O. The summed E-state index contributed by atoms with van der Waals surface area (Å²) < 4.78 is 5.32. The van der Waals surface area contributed by atoms with Crippen LogP contribution in [0.5, 0.6) is 5.75 Å². The molecule has 1 saturated carbocycles. The van der Waals surface area contributed by atoms with Crippen molar-refractivity contribution in [1.29, 1.82) is 0 Å². The van der Waals surface area contributed by atoms with Gasteiger partial charge >= 0.3 is 0 Å². The lowest BCUT2D eigenvalue weighted by atomic mass is 9.83. The van der Waals surface area contributed by atoms with Gasteiger partial charge < -0.3 is 15.0 Å². The molecule has 2 amide bonds. The quantitative estimate of drug-likeness (QED) is 0.906. The van der Waals surface area contributed by atoms with Gasteiger partial charge in [-0.1, -0.05) is 18.6 Å². The van der Waals surface area contributed by atoms with Gasteiger partial charge in [0.25, 0.3) is 0 Å². The topological polar surface area (TPSA) is 58.6 Å². The molecule has 5 heteroatoms. The molecule has 1 heterocycles. The van der Waals surface area contributed by atoms with Crippen LogP contribution < -0.4 is 15.0 Å². The minimum atomic E-state index is -0.405. The number of para-hydroxylation sites is 2. The van der Waals surface area contributed by atoms with Crippen LogP contribution in [-0.4, -0.2) is 31.5 Å². The van der Waals surface area contributed by atoms with Crippen molar-refractivity contribution in [3.8, 4) is 5.75 Å². The number of anilines is 1. The highest BCUT2D eigenvalue weighted by molar-refractivity contribution is 6.02. The van der Waals surface area contributed by atoms with Gasteiger partial charge in [-0.25, -0.2) is 0 Å². The molecule has 0 radical (unpaired) electrons. The van der Waals surface area contributed by atoms with Crippen LogP contribution in [0.15, 0.2) is 24.3 Å². The number of hydrogen-bond acceptors (Lipinski definition) is 3. The van der Waals surface area contributed by atoms with E-state index in [2.05, 4.69) is 5.32 Å².